The third-order valence-electron chi connectivity index (χ3n) is 4.23. The number of nitrogens with one attached hydrogen (secondary N) is 1. The Morgan fingerprint density at radius 2 is 1.89 bits per heavy atom. The molecule has 27 heavy (non-hydrogen) atoms. The average Bonchev–Trinajstić information content (AvgIpc) is 2.60. The Hall–Kier alpha value is -0.940. The number of amides is 1. The van der Waals surface area contributed by atoms with Gasteiger partial charge in [-0.25, -0.2) is 8.42 Å². The molecule has 0 aromatic heterocycles. The number of rotatable bonds is 7. The molecule has 1 aliphatic rings. The van der Waals surface area contributed by atoms with Crippen LogP contribution >= 0.6 is 24.8 Å². The molecule has 1 aliphatic heterocycles. The third-order valence-corrected chi connectivity index (χ3v) is 6.12. The van der Waals surface area contributed by atoms with Crippen molar-refractivity contribution >= 4 is 46.4 Å². The Bertz CT molecular complexity index is 693. The maximum absolute atomic E-state index is 12.8. The van der Waals surface area contributed by atoms with Gasteiger partial charge in [0.25, 0.3) is 0 Å². The lowest BCUT2D eigenvalue weighted by atomic mass is 10.2. The van der Waals surface area contributed by atoms with Gasteiger partial charge in [-0.2, -0.15) is 4.31 Å². The molecule has 1 heterocycles. The van der Waals surface area contributed by atoms with Gasteiger partial charge in [0.15, 0.2) is 0 Å². The zero-order valence-electron chi connectivity index (χ0n) is 15.5. The summed E-state index contributed by atoms with van der Waals surface area (Å²) < 4.78 is 32.1. The van der Waals surface area contributed by atoms with Crippen LogP contribution in [0.3, 0.4) is 0 Å². The van der Waals surface area contributed by atoms with Crippen LogP contribution in [0, 0.1) is 0 Å². The van der Waals surface area contributed by atoms with Gasteiger partial charge in [-0.3, -0.25) is 4.79 Å². The molecule has 8 nitrogen and oxygen atoms in total. The van der Waals surface area contributed by atoms with Crippen molar-refractivity contribution < 1.29 is 17.9 Å². The topological polar surface area (TPSA) is 105 Å². The maximum atomic E-state index is 12.8. The number of nitrogens with two attached hydrogens (primary N) is 1. The lowest BCUT2D eigenvalue weighted by molar-refractivity contribution is -0.118. The van der Waals surface area contributed by atoms with E-state index >= 15 is 0 Å². The van der Waals surface area contributed by atoms with E-state index in [9.17, 15) is 13.2 Å². The fourth-order valence-electron chi connectivity index (χ4n) is 2.59. The molecule has 0 bridgehead atoms. The number of carbonyl (C=O) groups excluding carboxylic acids is 1. The molecule has 1 aromatic carbocycles. The number of piperazine rings is 1. The quantitative estimate of drug-likeness (QED) is 0.645. The number of carbonyl (C=O) groups is 1. The van der Waals surface area contributed by atoms with Crippen molar-refractivity contribution in [1.82, 2.24) is 9.21 Å². The lowest BCUT2D eigenvalue weighted by Crippen LogP contribution is -2.47. The number of halogens is 2. The van der Waals surface area contributed by atoms with E-state index in [-0.39, 0.29) is 54.7 Å². The van der Waals surface area contributed by atoms with Gasteiger partial charge in [-0.15, -0.1) is 24.8 Å². The van der Waals surface area contributed by atoms with Crippen molar-refractivity contribution in [3.8, 4) is 0 Å². The number of methoxy groups -OCH3 is 1. The van der Waals surface area contributed by atoms with E-state index in [2.05, 4.69) is 10.2 Å². The Morgan fingerprint density at radius 3 is 2.44 bits per heavy atom. The van der Waals surface area contributed by atoms with Crippen LogP contribution in [0.4, 0.5) is 5.69 Å². The summed E-state index contributed by atoms with van der Waals surface area (Å²) >= 11 is 0. The third kappa shape index (κ3) is 7.19. The van der Waals surface area contributed by atoms with E-state index in [4.69, 9.17) is 10.5 Å². The molecule has 156 valence electrons. The Kier molecular flexibility index (Phi) is 11.4. The van der Waals surface area contributed by atoms with Crippen LogP contribution in [0.1, 0.15) is 6.42 Å². The molecule has 2 rings (SSSR count). The van der Waals surface area contributed by atoms with Gasteiger partial charge in [0, 0.05) is 45.5 Å². The SMILES string of the molecule is COC(CN)CC(=O)Nc1cccc(S(=O)(=O)N2CCN(C)CC2)c1.Cl.Cl. The molecule has 1 saturated heterocycles. The molecule has 0 aliphatic carbocycles. The zero-order valence-corrected chi connectivity index (χ0v) is 17.9. The number of benzene rings is 1. The van der Waals surface area contributed by atoms with Crippen molar-refractivity contribution in [3.05, 3.63) is 24.3 Å². The van der Waals surface area contributed by atoms with Gasteiger partial charge in [-0.1, -0.05) is 6.07 Å². The predicted molar refractivity (Wildman–Crippen MR) is 110 cm³/mol. The van der Waals surface area contributed by atoms with Gasteiger partial charge in [0.2, 0.25) is 15.9 Å². The smallest absolute Gasteiger partial charge is 0.243 e. The molecule has 3 N–H and O–H groups in total. The van der Waals surface area contributed by atoms with Crippen LogP contribution in [0.5, 0.6) is 0 Å². The van der Waals surface area contributed by atoms with Gasteiger partial charge in [0.05, 0.1) is 17.4 Å². The van der Waals surface area contributed by atoms with E-state index in [0.29, 0.717) is 31.9 Å². The molecule has 0 saturated carbocycles. The molecule has 1 fully saturated rings. The van der Waals surface area contributed by atoms with Crippen LogP contribution in [-0.4, -0.2) is 76.5 Å². The zero-order chi connectivity index (χ0) is 18.4. The molecule has 0 spiro atoms. The van der Waals surface area contributed by atoms with E-state index in [1.165, 1.54) is 17.5 Å². The first-order valence-corrected chi connectivity index (χ1v) is 9.62. The summed E-state index contributed by atoms with van der Waals surface area (Å²) in [6, 6.07) is 6.30. The summed E-state index contributed by atoms with van der Waals surface area (Å²) in [7, 11) is -0.104. The average molecular weight is 443 g/mol. The number of ether oxygens (including phenoxy) is 1. The highest BCUT2D eigenvalue weighted by atomic mass is 35.5. The highest BCUT2D eigenvalue weighted by Crippen LogP contribution is 2.21. The Labute approximate surface area is 173 Å². The molecule has 0 radical (unpaired) electrons. The first kappa shape index (κ1) is 26.1. The summed E-state index contributed by atoms with van der Waals surface area (Å²) in [5.74, 6) is -0.272. The number of hydrogen-bond acceptors (Lipinski definition) is 6. The van der Waals surface area contributed by atoms with Crippen LogP contribution < -0.4 is 11.1 Å². The fourth-order valence-corrected chi connectivity index (χ4v) is 4.06. The van der Waals surface area contributed by atoms with Crippen molar-refractivity contribution in [1.29, 1.82) is 0 Å². The normalized spacial score (nSPS) is 16.7. The van der Waals surface area contributed by atoms with Crippen molar-refractivity contribution in [2.75, 3.05) is 52.2 Å². The van der Waals surface area contributed by atoms with Crippen molar-refractivity contribution in [2.24, 2.45) is 5.73 Å². The van der Waals surface area contributed by atoms with Gasteiger partial charge in [-0.05, 0) is 25.2 Å². The number of hydrogen-bond donors (Lipinski definition) is 2. The fraction of sp³-hybridized carbons (Fsp3) is 0.562. The second-order valence-corrected chi connectivity index (χ2v) is 8.02. The first-order valence-electron chi connectivity index (χ1n) is 8.18. The molecule has 11 heteroatoms. The van der Waals surface area contributed by atoms with Crippen LogP contribution in [0.2, 0.25) is 0 Å². The second kappa shape index (κ2) is 11.8. The number of nitrogens with zero attached hydrogens (tertiary/aromatic N) is 2. The minimum atomic E-state index is -3.57. The van der Waals surface area contributed by atoms with Crippen LogP contribution in [0.25, 0.3) is 0 Å². The van der Waals surface area contributed by atoms with Gasteiger partial charge in [0.1, 0.15) is 0 Å². The number of likely N-dealkylation sites (N-methyl/N-ethyl adjacent to an activating group) is 1. The largest absolute Gasteiger partial charge is 0.380 e. The Morgan fingerprint density at radius 1 is 1.26 bits per heavy atom. The summed E-state index contributed by atoms with van der Waals surface area (Å²) in [6.45, 7) is 2.56. The van der Waals surface area contributed by atoms with E-state index in [1.807, 2.05) is 7.05 Å². The second-order valence-electron chi connectivity index (χ2n) is 6.08. The van der Waals surface area contributed by atoms with E-state index in [1.54, 1.807) is 18.2 Å². The van der Waals surface area contributed by atoms with Gasteiger partial charge >= 0.3 is 0 Å². The Balaban J connectivity index is 0.00000338. The molecular weight excluding hydrogens is 415 g/mol. The minimum Gasteiger partial charge on any atom is -0.380 e. The van der Waals surface area contributed by atoms with Gasteiger partial charge < -0.3 is 20.7 Å². The maximum Gasteiger partial charge on any atom is 0.243 e. The minimum absolute atomic E-state index is 0. The van der Waals surface area contributed by atoms with Crippen molar-refractivity contribution in [3.63, 3.8) is 0 Å². The summed E-state index contributed by atoms with van der Waals surface area (Å²) in [5, 5.41) is 2.70. The van der Waals surface area contributed by atoms with Crippen LogP contribution in [-0.2, 0) is 19.6 Å². The molecule has 1 amide bonds. The molecule has 1 aromatic rings. The molecule has 1 unspecified atom stereocenters. The monoisotopic (exact) mass is 442 g/mol. The van der Waals surface area contributed by atoms with Crippen molar-refractivity contribution in [2.45, 2.75) is 17.4 Å². The highest BCUT2D eigenvalue weighted by molar-refractivity contribution is 7.89. The highest BCUT2D eigenvalue weighted by Gasteiger charge is 2.27. The molecular formula is C16H28Cl2N4O4S. The number of anilines is 1. The standard InChI is InChI=1S/C16H26N4O4S.2ClH/c1-19-6-8-20(9-7-19)25(22,23)15-5-3-4-13(10-15)18-16(21)11-14(12-17)24-2;;/h3-5,10,14H,6-9,11-12,17H2,1-2H3,(H,18,21);2*1H. The summed E-state index contributed by atoms with van der Waals surface area (Å²) in [4.78, 5) is 14.3. The van der Waals surface area contributed by atoms with Crippen LogP contribution in [0.15, 0.2) is 29.2 Å². The number of sulfonamides is 1. The lowest BCUT2D eigenvalue weighted by Gasteiger charge is -2.31. The predicted octanol–water partition coefficient (Wildman–Crippen LogP) is 0.769. The summed E-state index contributed by atoms with van der Waals surface area (Å²) in [5.41, 5.74) is 5.94. The van der Waals surface area contributed by atoms with E-state index in [0.717, 1.165) is 0 Å². The van der Waals surface area contributed by atoms with E-state index < -0.39 is 10.0 Å². The summed E-state index contributed by atoms with van der Waals surface area (Å²) in [6.07, 6.45) is -0.250. The molecule has 1 atom stereocenters. The first-order chi connectivity index (χ1) is 11.9.